The topological polar surface area (TPSA) is 37.3 Å². The van der Waals surface area contributed by atoms with Crippen LogP contribution in [0, 0.1) is 0 Å². The standard InChI is InChI=1S/FHO2Si.Li.Mg.3H/c1-4(2)3;;;;;/h2H;;;;;. The Bertz CT molecular complexity index is 36.5. The normalized spacial score (nSPS) is 4.17. The molecule has 0 amide bonds. The van der Waals surface area contributed by atoms with E-state index in [0.717, 1.165) is 0 Å². The van der Waals surface area contributed by atoms with Crippen molar-refractivity contribution in [3.63, 3.8) is 0 Å². The van der Waals surface area contributed by atoms with Crippen molar-refractivity contribution in [2.75, 3.05) is 0 Å². The summed E-state index contributed by atoms with van der Waals surface area (Å²) < 4.78 is 18.6. The molecule has 0 saturated heterocycles. The Balaban J connectivity index is -0.0000000450. The van der Waals surface area contributed by atoms with Crippen molar-refractivity contribution in [1.82, 2.24) is 0 Å². The van der Waals surface area contributed by atoms with Crippen LogP contribution in [0.2, 0.25) is 0 Å². The van der Waals surface area contributed by atoms with Crippen LogP contribution in [0.25, 0.3) is 0 Å². The molecule has 6 heavy (non-hydrogen) atoms. The molecular weight excluding hydrogens is 110 g/mol. The van der Waals surface area contributed by atoms with Crippen molar-refractivity contribution >= 4 is 51.2 Å². The number of hydrogen-bond acceptors (Lipinski definition) is 1. The summed E-state index contributed by atoms with van der Waals surface area (Å²) in [6.07, 6.45) is 0. The second-order valence-corrected chi connectivity index (χ2v) is 0.759. The van der Waals surface area contributed by atoms with E-state index in [-0.39, 0.29) is 41.9 Å². The fourth-order valence-electron chi connectivity index (χ4n) is 0. The summed E-state index contributed by atoms with van der Waals surface area (Å²) in [7, 11) is -3.63. The summed E-state index contributed by atoms with van der Waals surface area (Å²) >= 11 is 0. The van der Waals surface area contributed by atoms with Gasteiger partial charge in [-0.1, -0.05) is 0 Å². The van der Waals surface area contributed by atoms with Gasteiger partial charge in [0.25, 0.3) is 0 Å². The predicted octanol–water partition coefficient (Wildman–Crippen LogP) is -2.20. The van der Waals surface area contributed by atoms with Gasteiger partial charge in [-0.05, 0) is 0 Å². The Labute approximate surface area is 64.4 Å². The van der Waals surface area contributed by atoms with Gasteiger partial charge in [0, 0.05) is 0 Å². The van der Waals surface area contributed by atoms with Crippen molar-refractivity contribution < 1.29 is 13.4 Å². The Hall–Kier alpha value is 1.11. The molecule has 0 aromatic rings. The first-order valence-electron chi connectivity index (χ1n) is 0.617. The summed E-state index contributed by atoms with van der Waals surface area (Å²) in [4.78, 5) is 6.94. The number of halogens is 1. The van der Waals surface area contributed by atoms with Crippen molar-refractivity contribution in [2.45, 2.75) is 0 Å². The summed E-state index contributed by atoms with van der Waals surface area (Å²) in [5, 5.41) is 0. The average molecular weight is 114 g/mol. The number of hydrogen-bond donors (Lipinski definition) is 1. The van der Waals surface area contributed by atoms with E-state index < -0.39 is 9.26 Å². The van der Waals surface area contributed by atoms with Gasteiger partial charge in [-0.25, -0.2) is 0 Å². The molecule has 0 aliphatic carbocycles. The van der Waals surface area contributed by atoms with E-state index in [9.17, 15) is 4.11 Å². The van der Waals surface area contributed by atoms with E-state index in [0.29, 0.717) is 0 Å². The van der Waals surface area contributed by atoms with Crippen LogP contribution in [-0.2, 0) is 4.46 Å². The van der Waals surface area contributed by atoms with E-state index in [4.69, 9.17) is 9.26 Å². The van der Waals surface area contributed by atoms with Gasteiger partial charge in [-0.2, -0.15) is 4.11 Å². The molecule has 0 radical (unpaired) electrons. The van der Waals surface area contributed by atoms with E-state index in [1.54, 1.807) is 0 Å². The SMILES string of the molecule is O=[Si](O)F.[LiH].[MgH2]. The third-order valence-electron chi connectivity index (χ3n) is 0. The van der Waals surface area contributed by atoms with Gasteiger partial charge < -0.3 is 4.80 Å². The Morgan fingerprint density at radius 1 is 1.67 bits per heavy atom. The van der Waals surface area contributed by atoms with Crippen LogP contribution >= 0.6 is 0 Å². The molecule has 0 aliphatic rings. The molecule has 0 spiro atoms. The van der Waals surface area contributed by atoms with Crippen molar-refractivity contribution in [3.05, 3.63) is 0 Å². The van der Waals surface area contributed by atoms with Gasteiger partial charge >= 0.3 is 51.2 Å². The van der Waals surface area contributed by atoms with E-state index in [2.05, 4.69) is 0 Å². The summed E-state index contributed by atoms with van der Waals surface area (Å²) in [6, 6.07) is 0. The van der Waals surface area contributed by atoms with Gasteiger partial charge in [0.1, 0.15) is 0 Å². The summed E-state index contributed by atoms with van der Waals surface area (Å²) in [5.74, 6) is 0. The molecule has 0 rings (SSSR count). The first kappa shape index (κ1) is 15.7. The molecule has 0 aliphatic heterocycles. The van der Waals surface area contributed by atoms with Crippen molar-refractivity contribution in [3.8, 4) is 0 Å². The molecule has 0 heterocycles. The van der Waals surface area contributed by atoms with E-state index in [1.807, 2.05) is 0 Å². The van der Waals surface area contributed by atoms with Crippen LogP contribution in [0.1, 0.15) is 0 Å². The van der Waals surface area contributed by atoms with Crippen LogP contribution in [0.4, 0.5) is 4.11 Å². The van der Waals surface area contributed by atoms with E-state index in [1.165, 1.54) is 0 Å². The molecular formula is H4FLiMgO2Si. The molecule has 0 atom stereocenters. The Morgan fingerprint density at radius 3 is 1.67 bits per heavy atom. The molecule has 1 N–H and O–H groups in total. The van der Waals surface area contributed by atoms with E-state index >= 15 is 0 Å². The maximum Gasteiger partial charge on any atom is 0.316 e. The van der Waals surface area contributed by atoms with Crippen LogP contribution < -0.4 is 0 Å². The molecule has 6 heteroatoms. The molecule has 0 fully saturated rings. The molecule has 30 valence electrons. The molecule has 2 nitrogen and oxygen atoms in total. The van der Waals surface area contributed by atoms with Gasteiger partial charge in [0.05, 0.1) is 0 Å². The maximum absolute atomic E-state index is 10.1. The number of rotatable bonds is 0. The molecule has 0 aromatic carbocycles. The molecule has 0 bridgehead atoms. The second-order valence-electron chi connectivity index (χ2n) is 0.253. The zero-order valence-electron chi connectivity index (χ0n) is 1.73. The Kier molecular flexibility index (Phi) is 24.7. The van der Waals surface area contributed by atoms with Crippen LogP contribution in [0.3, 0.4) is 0 Å². The fourth-order valence-corrected chi connectivity index (χ4v) is 0. The largest absolute Gasteiger partial charge is 0.316 e. The average Bonchev–Trinajstić information content (AvgIpc) is 0.811. The van der Waals surface area contributed by atoms with Gasteiger partial charge in [-0.15, -0.1) is 0 Å². The van der Waals surface area contributed by atoms with Gasteiger partial charge in [0.2, 0.25) is 0 Å². The first-order valence-corrected chi connectivity index (χ1v) is 1.85. The zero-order chi connectivity index (χ0) is 3.58. The minimum absolute atomic E-state index is 0. The van der Waals surface area contributed by atoms with Crippen LogP contribution in [-0.4, -0.2) is 56.0 Å². The molecule has 0 unspecified atom stereocenters. The van der Waals surface area contributed by atoms with Gasteiger partial charge in [0.15, 0.2) is 0 Å². The third kappa shape index (κ3) is 70.0. The monoisotopic (exact) mass is 114 g/mol. The zero-order valence-corrected chi connectivity index (χ0v) is 2.73. The first-order chi connectivity index (χ1) is 1.73. The Morgan fingerprint density at radius 2 is 1.67 bits per heavy atom. The molecule has 0 aromatic heterocycles. The van der Waals surface area contributed by atoms with Crippen molar-refractivity contribution in [2.24, 2.45) is 0 Å². The van der Waals surface area contributed by atoms with Crippen LogP contribution in [0.15, 0.2) is 0 Å². The minimum atomic E-state index is -3.63. The second kappa shape index (κ2) is 9.45. The summed E-state index contributed by atoms with van der Waals surface area (Å²) in [5.41, 5.74) is 0. The quantitative estimate of drug-likeness (QED) is 0.287. The van der Waals surface area contributed by atoms with Gasteiger partial charge in [-0.3, -0.25) is 4.46 Å². The van der Waals surface area contributed by atoms with Crippen LogP contribution in [0.5, 0.6) is 0 Å². The fraction of sp³-hybridized carbons (Fsp3) is 0. The third-order valence-corrected chi connectivity index (χ3v) is 0. The predicted molar refractivity (Wildman–Crippen MR) is 25.5 cm³/mol. The minimum Gasteiger partial charge on any atom is 0.316 e. The van der Waals surface area contributed by atoms with Crippen molar-refractivity contribution in [1.29, 1.82) is 0 Å². The molecule has 0 saturated carbocycles. The smallest absolute Gasteiger partial charge is 0.316 e. The maximum atomic E-state index is 10.1. The summed E-state index contributed by atoms with van der Waals surface area (Å²) in [6.45, 7) is 0.